The van der Waals surface area contributed by atoms with Gasteiger partial charge in [0.25, 0.3) is 5.91 Å². The van der Waals surface area contributed by atoms with Gasteiger partial charge in [0.05, 0.1) is 0 Å². The predicted molar refractivity (Wildman–Crippen MR) is 100 cm³/mol. The monoisotopic (exact) mass is 386 g/mol. The van der Waals surface area contributed by atoms with Gasteiger partial charge in [-0.1, -0.05) is 36.5 Å². The molecule has 0 aromatic heterocycles. The van der Waals surface area contributed by atoms with Gasteiger partial charge in [0, 0.05) is 28.9 Å². The van der Waals surface area contributed by atoms with Gasteiger partial charge in [-0.15, -0.1) is 0 Å². The molecule has 1 aromatic carbocycles. The van der Waals surface area contributed by atoms with Crippen molar-refractivity contribution in [3.05, 3.63) is 28.2 Å². The number of halogens is 2. The SMILES string of the molecule is CCCCOC(C)C(=O)N1CCCC1C(=O)Nc1cc(Cl)cc(Cl)c1. The van der Waals surface area contributed by atoms with E-state index in [0.717, 1.165) is 19.3 Å². The van der Waals surface area contributed by atoms with E-state index in [9.17, 15) is 9.59 Å². The van der Waals surface area contributed by atoms with Crippen molar-refractivity contribution in [1.82, 2.24) is 4.90 Å². The van der Waals surface area contributed by atoms with Crippen molar-refractivity contribution in [1.29, 1.82) is 0 Å². The first-order valence-corrected chi connectivity index (χ1v) is 9.37. The molecule has 2 rings (SSSR count). The Balaban J connectivity index is 1.99. The molecule has 1 aromatic rings. The summed E-state index contributed by atoms with van der Waals surface area (Å²) in [6.45, 7) is 4.92. The number of benzene rings is 1. The van der Waals surface area contributed by atoms with Crippen LogP contribution in [-0.4, -0.2) is 42.0 Å². The average Bonchev–Trinajstić information content (AvgIpc) is 3.02. The zero-order valence-corrected chi connectivity index (χ0v) is 16.1. The third kappa shape index (κ3) is 5.59. The number of unbranched alkanes of at least 4 members (excludes halogenated alkanes) is 1. The number of ether oxygens (including phenoxy) is 1. The third-order valence-corrected chi connectivity index (χ3v) is 4.62. The fraction of sp³-hybridized carbons (Fsp3) is 0.556. The van der Waals surface area contributed by atoms with Crippen LogP contribution < -0.4 is 5.32 Å². The molecule has 0 saturated carbocycles. The van der Waals surface area contributed by atoms with E-state index in [2.05, 4.69) is 12.2 Å². The van der Waals surface area contributed by atoms with Crippen LogP contribution in [0.1, 0.15) is 39.5 Å². The second kappa shape index (κ2) is 9.41. The number of amides is 2. The topological polar surface area (TPSA) is 58.6 Å². The summed E-state index contributed by atoms with van der Waals surface area (Å²) in [6.07, 6.45) is 2.81. The van der Waals surface area contributed by atoms with Crippen molar-refractivity contribution in [2.75, 3.05) is 18.5 Å². The largest absolute Gasteiger partial charge is 0.369 e. The summed E-state index contributed by atoms with van der Waals surface area (Å²) in [5.41, 5.74) is 0.522. The number of carbonyl (C=O) groups excluding carboxylic acids is 2. The van der Waals surface area contributed by atoms with Gasteiger partial charge in [-0.2, -0.15) is 0 Å². The molecule has 2 atom stereocenters. The van der Waals surface area contributed by atoms with Crippen LogP contribution in [0.4, 0.5) is 5.69 Å². The predicted octanol–water partition coefficient (Wildman–Crippen LogP) is 4.13. The van der Waals surface area contributed by atoms with Crippen LogP contribution in [0.3, 0.4) is 0 Å². The molecular formula is C18H24Cl2N2O3. The molecule has 1 N–H and O–H groups in total. The summed E-state index contributed by atoms with van der Waals surface area (Å²) in [5.74, 6) is -0.372. The van der Waals surface area contributed by atoms with E-state index in [1.54, 1.807) is 30.0 Å². The lowest BCUT2D eigenvalue weighted by Gasteiger charge is -2.26. The first-order valence-electron chi connectivity index (χ1n) is 8.61. The second-order valence-corrected chi connectivity index (χ2v) is 7.08. The van der Waals surface area contributed by atoms with E-state index in [-0.39, 0.29) is 11.8 Å². The average molecular weight is 387 g/mol. The normalized spacial score (nSPS) is 18.2. The second-order valence-electron chi connectivity index (χ2n) is 6.20. The van der Waals surface area contributed by atoms with Crippen LogP contribution in [0, 0.1) is 0 Å². The Morgan fingerprint density at radius 2 is 2.00 bits per heavy atom. The van der Waals surface area contributed by atoms with Gasteiger partial charge in [-0.25, -0.2) is 0 Å². The fourth-order valence-corrected chi connectivity index (χ4v) is 3.39. The molecule has 25 heavy (non-hydrogen) atoms. The number of nitrogens with zero attached hydrogens (tertiary/aromatic N) is 1. The maximum Gasteiger partial charge on any atom is 0.252 e. The molecule has 0 aliphatic carbocycles. The molecule has 138 valence electrons. The van der Waals surface area contributed by atoms with Gasteiger partial charge >= 0.3 is 0 Å². The smallest absolute Gasteiger partial charge is 0.252 e. The number of carbonyl (C=O) groups is 2. The Morgan fingerprint density at radius 1 is 1.32 bits per heavy atom. The third-order valence-electron chi connectivity index (χ3n) is 4.18. The van der Waals surface area contributed by atoms with Crippen LogP contribution in [0.15, 0.2) is 18.2 Å². The number of hydrogen-bond donors (Lipinski definition) is 1. The maximum atomic E-state index is 12.6. The minimum atomic E-state index is -0.541. The van der Waals surface area contributed by atoms with Crippen LogP contribution in [-0.2, 0) is 14.3 Å². The van der Waals surface area contributed by atoms with Crippen LogP contribution in [0.5, 0.6) is 0 Å². The molecule has 0 radical (unpaired) electrons. The first kappa shape index (κ1) is 20.0. The van der Waals surface area contributed by atoms with Crippen molar-refractivity contribution < 1.29 is 14.3 Å². The van der Waals surface area contributed by atoms with Crippen molar-refractivity contribution in [3.8, 4) is 0 Å². The molecule has 2 unspecified atom stereocenters. The summed E-state index contributed by atoms with van der Waals surface area (Å²) in [6, 6.07) is 4.35. The molecule has 0 spiro atoms. The molecule has 1 heterocycles. The summed E-state index contributed by atoms with van der Waals surface area (Å²) in [5, 5.41) is 3.69. The molecular weight excluding hydrogens is 363 g/mol. The summed E-state index contributed by atoms with van der Waals surface area (Å²) in [7, 11) is 0. The number of rotatable bonds is 7. The van der Waals surface area contributed by atoms with Gasteiger partial charge < -0.3 is 15.0 Å². The van der Waals surface area contributed by atoms with Gasteiger partial charge in [-0.3, -0.25) is 9.59 Å². The van der Waals surface area contributed by atoms with E-state index in [1.165, 1.54) is 0 Å². The van der Waals surface area contributed by atoms with E-state index in [0.29, 0.717) is 35.3 Å². The van der Waals surface area contributed by atoms with E-state index >= 15 is 0 Å². The minimum Gasteiger partial charge on any atom is -0.369 e. The number of nitrogens with one attached hydrogen (secondary N) is 1. The Kier molecular flexibility index (Phi) is 7.54. The molecule has 5 nitrogen and oxygen atoms in total. The lowest BCUT2D eigenvalue weighted by atomic mass is 10.2. The van der Waals surface area contributed by atoms with E-state index < -0.39 is 12.1 Å². The van der Waals surface area contributed by atoms with Crippen molar-refractivity contribution in [2.45, 2.75) is 51.7 Å². The lowest BCUT2D eigenvalue weighted by molar-refractivity contribution is -0.146. The maximum absolute atomic E-state index is 12.6. The summed E-state index contributed by atoms with van der Waals surface area (Å²) in [4.78, 5) is 26.8. The quantitative estimate of drug-likeness (QED) is 0.716. The molecule has 7 heteroatoms. The minimum absolute atomic E-state index is 0.141. The Labute approximate surface area is 158 Å². The molecule has 1 fully saturated rings. The number of hydrogen-bond acceptors (Lipinski definition) is 3. The van der Waals surface area contributed by atoms with Gasteiger partial charge in [0.15, 0.2) is 0 Å². The molecule has 1 aliphatic heterocycles. The highest BCUT2D eigenvalue weighted by Gasteiger charge is 2.36. The number of anilines is 1. The summed E-state index contributed by atoms with van der Waals surface area (Å²) >= 11 is 11.9. The highest BCUT2D eigenvalue weighted by atomic mass is 35.5. The number of likely N-dealkylation sites (tertiary alicyclic amines) is 1. The van der Waals surface area contributed by atoms with Crippen LogP contribution >= 0.6 is 23.2 Å². The standard InChI is InChI=1S/C18H24Cl2N2O3/c1-3-4-8-25-12(2)18(24)22-7-5-6-16(22)17(23)21-15-10-13(19)9-14(20)11-15/h9-12,16H,3-8H2,1-2H3,(H,21,23). The Hall–Kier alpha value is -1.30. The van der Waals surface area contributed by atoms with Crippen LogP contribution in [0.2, 0.25) is 10.0 Å². The highest BCUT2D eigenvalue weighted by molar-refractivity contribution is 6.35. The zero-order chi connectivity index (χ0) is 18.4. The fourth-order valence-electron chi connectivity index (χ4n) is 2.86. The highest BCUT2D eigenvalue weighted by Crippen LogP contribution is 2.25. The van der Waals surface area contributed by atoms with Crippen molar-refractivity contribution >= 4 is 40.7 Å². The lowest BCUT2D eigenvalue weighted by Crippen LogP contribution is -2.47. The van der Waals surface area contributed by atoms with Gasteiger partial charge in [0.1, 0.15) is 12.1 Å². The zero-order valence-electron chi connectivity index (χ0n) is 14.6. The molecule has 1 aliphatic rings. The Morgan fingerprint density at radius 3 is 2.64 bits per heavy atom. The molecule has 2 amide bonds. The van der Waals surface area contributed by atoms with Crippen LogP contribution in [0.25, 0.3) is 0 Å². The van der Waals surface area contributed by atoms with Crippen molar-refractivity contribution in [2.24, 2.45) is 0 Å². The molecule has 0 bridgehead atoms. The van der Waals surface area contributed by atoms with Crippen molar-refractivity contribution in [3.63, 3.8) is 0 Å². The van der Waals surface area contributed by atoms with Gasteiger partial charge in [0.2, 0.25) is 5.91 Å². The Bertz CT molecular complexity index is 604. The van der Waals surface area contributed by atoms with Gasteiger partial charge in [-0.05, 0) is 44.4 Å². The summed E-state index contributed by atoms with van der Waals surface area (Å²) < 4.78 is 5.58. The van der Waals surface area contributed by atoms with E-state index in [4.69, 9.17) is 27.9 Å². The van der Waals surface area contributed by atoms with E-state index in [1.807, 2.05) is 0 Å². The molecule has 1 saturated heterocycles. The first-order chi connectivity index (χ1) is 11.9.